The second-order valence-electron chi connectivity index (χ2n) is 8.61. The molecule has 0 radical (unpaired) electrons. The molecule has 4 nitrogen and oxygen atoms in total. The van der Waals surface area contributed by atoms with E-state index in [2.05, 4.69) is 0 Å². The molecule has 0 aromatic heterocycles. The molecule has 0 unspecified atom stereocenters. The van der Waals surface area contributed by atoms with Crippen molar-refractivity contribution >= 4 is 23.2 Å². The van der Waals surface area contributed by atoms with Gasteiger partial charge in [0.25, 0.3) is 0 Å². The summed E-state index contributed by atoms with van der Waals surface area (Å²) in [5.41, 5.74) is 2.46. The standard InChI is InChI=1S/C25H32ClNO3/c1-16(2)24(29)22-17(3)23(26)20(14-27(7)25(5,6)18(4)28)13-21(22)30-15-19-11-9-8-10-12-19/h8-13,16H,14-15H2,1-7H3. The van der Waals surface area contributed by atoms with Crippen LogP contribution in [0.5, 0.6) is 5.75 Å². The Balaban J connectivity index is 2.48. The average Bonchev–Trinajstić information content (AvgIpc) is 2.70. The van der Waals surface area contributed by atoms with Crippen LogP contribution in [0.15, 0.2) is 36.4 Å². The highest BCUT2D eigenvalue weighted by Crippen LogP contribution is 2.35. The first-order valence-corrected chi connectivity index (χ1v) is 10.6. The topological polar surface area (TPSA) is 46.6 Å². The predicted octanol–water partition coefficient (Wildman–Crippen LogP) is 5.87. The third-order valence-corrected chi connectivity index (χ3v) is 6.30. The van der Waals surface area contributed by atoms with Gasteiger partial charge in [0.2, 0.25) is 0 Å². The molecule has 0 fully saturated rings. The highest BCUT2D eigenvalue weighted by atomic mass is 35.5. The summed E-state index contributed by atoms with van der Waals surface area (Å²) < 4.78 is 6.12. The van der Waals surface area contributed by atoms with Crippen LogP contribution in [0.25, 0.3) is 0 Å². The van der Waals surface area contributed by atoms with E-state index in [4.69, 9.17) is 16.3 Å². The summed E-state index contributed by atoms with van der Waals surface area (Å²) in [5.74, 6) is 0.430. The van der Waals surface area contributed by atoms with Gasteiger partial charge in [0, 0.05) is 17.5 Å². The minimum atomic E-state index is -0.630. The van der Waals surface area contributed by atoms with Crippen molar-refractivity contribution in [2.45, 2.75) is 60.2 Å². The fourth-order valence-electron chi connectivity index (χ4n) is 3.11. The number of likely N-dealkylation sites (N-methyl/N-ethyl adjacent to an activating group) is 1. The Bertz CT molecular complexity index is 920. The fourth-order valence-corrected chi connectivity index (χ4v) is 3.32. The van der Waals surface area contributed by atoms with Gasteiger partial charge in [-0.05, 0) is 57.5 Å². The first-order valence-electron chi connectivity index (χ1n) is 10.2. The average molecular weight is 430 g/mol. The van der Waals surface area contributed by atoms with Gasteiger partial charge in [-0.15, -0.1) is 0 Å². The first kappa shape index (κ1) is 24.1. The maximum absolute atomic E-state index is 12.9. The van der Waals surface area contributed by atoms with Crippen molar-refractivity contribution in [2.24, 2.45) is 5.92 Å². The number of hydrogen-bond donors (Lipinski definition) is 0. The number of ketones is 2. The van der Waals surface area contributed by atoms with Crippen molar-refractivity contribution in [3.05, 3.63) is 63.7 Å². The molecule has 30 heavy (non-hydrogen) atoms. The molecule has 0 aliphatic carbocycles. The Hall–Kier alpha value is -2.17. The highest BCUT2D eigenvalue weighted by Gasteiger charge is 2.30. The lowest BCUT2D eigenvalue weighted by Gasteiger charge is -2.34. The number of ether oxygens (including phenoxy) is 1. The maximum Gasteiger partial charge on any atom is 0.169 e. The second kappa shape index (κ2) is 9.76. The number of carbonyl (C=O) groups excluding carboxylic acids is 2. The van der Waals surface area contributed by atoms with E-state index in [1.54, 1.807) is 6.92 Å². The molecule has 0 aliphatic rings. The quantitative estimate of drug-likeness (QED) is 0.468. The predicted molar refractivity (Wildman–Crippen MR) is 122 cm³/mol. The molecule has 2 aromatic rings. The number of hydrogen-bond acceptors (Lipinski definition) is 4. The molecule has 0 aliphatic heterocycles. The van der Waals surface area contributed by atoms with Crippen LogP contribution in [0, 0.1) is 12.8 Å². The number of carbonyl (C=O) groups is 2. The third kappa shape index (κ3) is 5.30. The fraction of sp³-hybridized carbons (Fsp3) is 0.440. The summed E-state index contributed by atoms with van der Waals surface area (Å²) in [4.78, 5) is 26.9. The number of rotatable bonds is 9. The van der Waals surface area contributed by atoms with Gasteiger partial charge in [0.1, 0.15) is 18.1 Å². The summed E-state index contributed by atoms with van der Waals surface area (Å²) in [6.07, 6.45) is 0. The number of nitrogens with zero attached hydrogens (tertiary/aromatic N) is 1. The monoisotopic (exact) mass is 429 g/mol. The first-order chi connectivity index (χ1) is 14.0. The van der Waals surface area contributed by atoms with Crippen molar-refractivity contribution < 1.29 is 14.3 Å². The lowest BCUT2D eigenvalue weighted by atomic mass is 9.93. The van der Waals surface area contributed by atoms with E-state index >= 15 is 0 Å². The third-order valence-electron chi connectivity index (χ3n) is 5.77. The molecule has 5 heteroatoms. The molecule has 0 amide bonds. The van der Waals surface area contributed by atoms with Crippen molar-refractivity contribution in [1.82, 2.24) is 4.90 Å². The lowest BCUT2D eigenvalue weighted by Crippen LogP contribution is -2.46. The lowest BCUT2D eigenvalue weighted by molar-refractivity contribution is -0.126. The Morgan fingerprint density at radius 3 is 2.30 bits per heavy atom. The largest absolute Gasteiger partial charge is 0.488 e. The van der Waals surface area contributed by atoms with Crippen molar-refractivity contribution in [3.63, 3.8) is 0 Å². The number of Topliss-reactive ketones (excluding diaryl/α,β-unsaturated/α-hetero) is 2. The van der Waals surface area contributed by atoms with Gasteiger partial charge in [0.05, 0.1) is 11.1 Å². The van der Waals surface area contributed by atoms with E-state index in [0.29, 0.717) is 35.1 Å². The molecule has 0 N–H and O–H groups in total. The molecule has 162 valence electrons. The zero-order valence-electron chi connectivity index (χ0n) is 19.0. The SMILES string of the molecule is CC(=O)C(C)(C)N(C)Cc1cc(OCc2ccccc2)c(C(=O)C(C)C)c(C)c1Cl. The van der Waals surface area contributed by atoms with Crippen LogP contribution in [0.4, 0.5) is 0 Å². The van der Waals surface area contributed by atoms with E-state index in [9.17, 15) is 9.59 Å². The van der Waals surface area contributed by atoms with E-state index in [0.717, 1.165) is 11.1 Å². The minimum Gasteiger partial charge on any atom is -0.488 e. The van der Waals surface area contributed by atoms with E-state index in [-0.39, 0.29) is 17.5 Å². The van der Waals surface area contributed by atoms with Crippen LogP contribution in [-0.2, 0) is 17.9 Å². The van der Waals surface area contributed by atoms with Crippen LogP contribution >= 0.6 is 11.6 Å². The molecule has 0 saturated carbocycles. The Morgan fingerprint density at radius 2 is 1.77 bits per heavy atom. The molecule has 0 atom stereocenters. The van der Waals surface area contributed by atoms with E-state index in [1.807, 2.05) is 83.0 Å². The molecular weight excluding hydrogens is 398 g/mol. The van der Waals surface area contributed by atoms with Crippen LogP contribution in [0.2, 0.25) is 5.02 Å². The van der Waals surface area contributed by atoms with E-state index in [1.165, 1.54) is 0 Å². The number of halogens is 1. The van der Waals surface area contributed by atoms with Crippen molar-refractivity contribution in [2.75, 3.05) is 7.05 Å². The Morgan fingerprint density at radius 1 is 1.17 bits per heavy atom. The summed E-state index contributed by atoms with van der Waals surface area (Å²) in [6.45, 7) is 11.8. The summed E-state index contributed by atoms with van der Waals surface area (Å²) in [5, 5.41) is 0.539. The summed E-state index contributed by atoms with van der Waals surface area (Å²) >= 11 is 6.69. The van der Waals surface area contributed by atoms with Crippen molar-refractivity contribution in [3.8, 4) is 5.75 Å². The number of benzene rings is 2. The Kier molecular flexibility index (Phi) is 7.84. The van der Waals surface area contributed by atoms with Crippen LogP contribution in [0.3, 0.4) is 0 Å². The molecule has 0 bridgehead atoms. The second-order valence-corrected chi connectivity index (χ2v) is 8.99. The molecular formula is C25H32ClNO3. The van der Waals surface area contributed by atoms with E-state index < -0.39 is 5.54 Å². The van der Waals surface area contributed by atoms with Gasteiger partial charge < -0.3 is 4.74 Å². The van der Waals surface area contributed by atoms with Gasteiger partial charge in [-0.1, -0.05) is 55.8 Å². The molecule has 0 spiro atoms. The van der Waals surface area contributed by atoms with Crippen LogP contribution in [0.1, 0.15) is 61.7 Å². The smallest absolute Gasteiger partial charge is 0.169 e. The molecule has 2 rings (SSSR count). The van der Waals surface area contributed by atoms with Gasteiger partial charge in [0.15, 0.2) is 5.78 Å². The van der Waals surface area contributed by atoms with Gasteiger partial charge in [-0.25, -0.2) is 0 Å². The van der Waals surface area contributed by atoms with Crippen molar-refractivity contribution in [1.29, 1.82) is 0 Å². The summed E-state index contributed by atoms with van der Waals surface area (Å²) in [6, 6.07) is 11.7. The normalized spacial score (nSPS) is 11.8. The van der Waals surface area contributed by atoms with Crippen LogP contribution in [-0.4, -0.2) is 29.1 Å². The molecule has 0 saturated heterocycles. The zero-order chi connectivity index (χ0) is 22.6. The van der Waals surface area contributed by atoms with Crippen LogP contribution < -0.4 is 4.74 Å². The zero-order valence-corrected chi connectivity index (χ0v) is 19.8. The molecule has 2 aromatic carbocycles. The van der Waals surface area contributed by atoms with Gasteiger partial charge >= 0.3 is 0 Å². The summed E-state index contributed by atoms with van der Waals surface area (Å²) in [7, 11) is 1.89. The maximum atomic E-state index is 12.9. The molecule has 0 heterocycles. The van der Waals surface area contributed by atoms with Gasteiger partial charge in [-0.3, -0.25) is 14.5 Å². The Labute approximate surface area is 185 Å². The highest BCUT2D eigenvalue weighted by molar-refractivity contribution is 6.32. The van der Waals surface area contributed by atoms with Gasteiger partial charge in [-0.2, -0.15) is 0 Å². The minimum absolute atomic E-state index is 0.00133.